The van der Waals surface area contributed by atoms with E-state index >= 15 is 0 Å². The Morgan fingerprint density at radius 1 is 1.00 bits per heavy atom. The molecule has 3 aromatic rings. The highest BCUT2D eigenvalue weighted by atomic mass is 16.5. The van der Waals surface area contributed by atoms with Crippen LogP contribution in [-0.4, -0.2) is 34.0 Å². The van der Waals surface area contributed by atoms with Gasteiger partial charge in [0.1, 0.15) is 0 Å². The average Bonchev–Trinajstić information content (AvgIpc) is 2.77. The normalized spacial score (nSPS) is 11.0. The number of aromatic nitrogens is 2. The summed E-state index contributed by atoms with van der Waals surface area (Å²) in [4.78, 5) is 49.2. The number of nitrogens with zero attached hydrogens (tertiary/aromatic N) is 2. The number of amides is 1. The lowest BCUT2D eigenvalue weighted by molar-refractivity contribution is -0.123. The second-order valence-corrected chi connectivity index (χ2v) is 8.53. The van der Waals surface area contributed by atoms with Crippen molar-refractivity contribution in [2.24, 2.45) is 5.41 Å². The van der Waals surface area contributed by atoms with E-state index in [-0.39, 0.29) is 5.91 Å². The molecule has 0 saturated carbocycles. The van der Waals surface area contributed by atoms with Crippen molar-refractivity contribution in [3.05, 3.63) is 87.8 Å². The number of carbonyl (C=O) groups excluding carboxylic acids is 3. The molecular weight excluding hydrogens is 422 g/mol. The molecule has 0 aliphatic heterocycles. The maximum absolute atomic E-state index is 12.5. The van der Waals surface area contributed by atoms with E-state index in [0.717, 1.165) is 0 Å². The zero-order valence-electron chi connectivity index (χ0n) is 18.9. The van der Waals surface area contributed by atoms with Crippen LogP contribution in [0.3, 0.4) is 0 Å². The first-order valence-electron chi connectivity index (χ1n) is 10.3. The molecule has 0 spiro atoms. The first-order chi connectivity index (χ1) is 15.6. The lowest BCUT2D eigenvalue weighted by Crippen LogP contribution is -2.27. The van der Waals surface area contributed by atoms with E-state index in [9.17, 15) is 19.2 Å². The Labute approximate surface area is 191 Å². The lowest BCUT2D eigenvalue weighted by Gasteiger charge is -2.17. The van der Waals surface area contributed by atoms with Crippen LogP contribution >= 0.6 is 0 Å². The van der Waals surface area contributed by atoms with E-state index in [1.807, 2.05) is 18.2 Å². The molecule has 8 nitrogen and oxygen atoms in total. The fourth-order valence-corrected chi connectivity index (χ4v) is 2.86. The SMILES string of the molecule is Cc1cc(=O)c(C(=O)OCC(=O)c2ccc(NC(=O)C(C)(C)C)cc2)nn1-c1ccccc1. The van der Waals surface area contributed by atoms with Gasteiger partial charge in [-0.3, -0.25) is 14.4 Å². The van der Waals surface area contributed by atoms with Crippen LogP contribution in [0, 0.1) is 12.3 Å². The lowest BCUT2D eigenvalue weighted by atomic mass is 9.95. The first kappa shape index (κ1) is 23.6. The van der Waals surface area contributed by atoms with Crippen LogP contribution in [0.2, 0.25) is 0 Å². The summed E-state index contributed by atoms with van der Waals surface area (Å²) in [6, 6.07) is 16.6. The molecule has 3 rings (SSSR count). The number of hydrogen-bond acceptors (Lipinski definition) is 6. The van der Waals surface area contributed by atoms with Crippen molar-refractivity contribution in [1.82, 2.24) is 9.78 Å². The Morgan fingerprint density at radius 2 is 1.64 bits per heavy atom. The number of para-hydroxylation sites is 1. The fraction of sp³-hybridized carbons (Fsp3) is 0.240. The highest BCUT2D eigenvalue weighted by Gasteiger charge is 2.21. The second kappa shape index (κ2) is 9.60. The molecule has 1 N–H and O–H groups in total. The highest BCUT2D eigenvalue weighted by Crippen LogP contribution is 2.18. The summed E-state index contributed by atoms with van der Waals surface area (Å²) in [6.07, 6.45) is 0. The van der Waals surface area contributed by atoms with Gasteiger partial charge in [0, 0.05) is 28.4 Å². The zero-order valence-corrected chi connectivity index (χ0v) is 18.9. The number of rotatable bonds is 6. The number of benzene rings is 2. The van der Waals surface area contributed by atoms with E-state index < -0.39 is 34.9 Å². The minimum Gasteiger partial charge on any atom is -0.452 e. The molecule has 170 valence electrons. The van der Waals surface area contributed by atoms with E-state index in [0.29, 0.717) is 22.6 Å². The molecule has 0 saturated heterocycles. The van der Waals surface area contributed by atoms with Gasteiger partial charge in [-0.1, -0.05) is 39.0 Å². The Kier molecular flexibility index (Phi) is 6.86. The van der Waals surface area contributed by atoms with Gasteiger partial charge in [0.2, 0.25) is 17.0 Å². The summed E-state index contributed by atoms with van der Waals surface area (Å²) < 4.78 is 6.52. The molecular formula is C25H25N3O5. The van der Waals surface area contributed by atoms with Gasteiger partial charge >= 0.3 is 5.97 Å². The molecule has 0 fully saturated rings. The van der Waals surface area contributed by atoms with Crippen molar-refractivity contribution >= 4 is 23.3 Å². The fourth-order valence-electron chi connectivity index (χ4n) is 2.86. The third kappa shape index (κ3) is 5.79. The Balaban J connectivity index is 1.68. The van der Waals surface area contributed by atoms with Crippen LogP contribution in [0.4, 0.5) is 5.69 Å². The maximum Gasteiger partial charge on any atom is 0.363 e. The van der Waals surface area contributed by atoms with Crippen molar-refractivity contribution in [2.45, 2.75) is 27.7 Å². The first-order valence-corrected chi connectivity index (χ1v) is 10.3. The Bertz CT molecular complexity index is 1240. The number of nitrogens with one attached hydrogen (secondary N) is 1. The van der Waals surface area contributed by atoms with E-state index in [1.165, 1.54) is 22.9 Å². The van der Waals surface area contributed by atoms with Crippen LogP contribution in [0.5, 0.6) is 0 Å². The molecule has 0 aliphatic carbocycles. The molecule has 0 aliphatic rings. The zero-order chi connectivity index (χ0) is 24.2. The molecule has 8 heteroatoms. The Morgan fingerprint density at radius 3 is 2.24 bits per heavy atom. The third-order valence-corrected chi connectivity index (χ3v) is 4.78. The Hall–Kier alpha value is -4.07. The van der Waals surface area contributed by atoms with Gasteiger partial charge in [0.15, 0.2) is 12.4 Å². The van der Waals surface area contributed by atoms with E-state index in [4.69, 9.17) is 4.74 Å². The minimum atomic E-state index is -0.980. The topological polar surface area (TPSA) is 107 Å². The van der Waals surface area contributed by atoms with Gasteiger partial charge in [0.25, 0.3) is 0 Å². The van der Waals surface area contributed by atoms with E-state index in [2.05, 4.69) is 10.4 Å². The highest BCUT2D eigenvalue weighted by molar-refractivity contribution is 6.00. The summed E-state index contributed by atoms with van der Waals surface area (Å²) in [5.41, 5.74) is 0.542. The molecule has 0 bridgehead atoms. The van der Waals surface area contributed by atoms with Gasteiger partial charge in [-0.15, -0.1) is 0 Å². The molecule has 1 aromatic heterocycles. The van der Waals surface area contributed by atoms with Gasteiger partial charge in [-0.25, -0.2) is 9.48 Å². The van der Waals surface area contributed by atoms with Crippen LogP contribution in [0.1, 0.15) is 47.3 Å². The standard InChI is InChI=1S/C25H25N3O5/c1-16-14-20(29)22(27-28(16)19-8-6-5-7-9-19)23(31)33-15-21(30)17-10-12-18(13-11-17)26-24(32)25(2,3)4/h5-14H,15H2,1-4H3,(H,26,32). The van der Waals surface area contributed by atoms with Gasteiger partial charge < -0.3 is 10.1 Å². The molecule has 0 radical (unpaired) electrons. The number of ether oxygens (including phenoxy) is 1. The summed E-state index contributed by atoms with van der Waals surface area (Å²) in [5, 5.41) is 6.90. The minimum absolute atomic E-state index is 0.151. The number of hydrogen-bond donors (Lipinski definition) is 1. The quantitative estimate of drug-likeness (QED) is 0.457. The number of Topliss-reactive ketones (excluding diaryl/α,β-unsaturated/α-hetero) is 1. The van der Waals surface area contributed by atoms with Gasteiger partial charge in [-0.2, -0.15) is 5.10 Å². The molecule has 2 aromatic carbocycles. The van der Waals surface area contributed by atoms with Crippen molar-refractivity contribution in [3.63, 3.8) is 0 Å². The largest absolute Gasteiger partial charge is 0.452 e. The average molecular weight is 447 g/mol. The van der Waals surface area contributed by atoms with Crippen LogP contribution < -0.4 is 10.7 Å². The number of ketones is 1. The van der Waals surface area contributed by atoms with Gasteiger partial charge in [-0.05, 0) is 43.3 Å². The molecule has 1 amide bonds. The van der Waals surface area contributed by atoms with Crippen molar-refractivity contribution in [1.29, 1.82) is 0 Å². The predicted octanol–water partition coefficient (Wildman–Crippen LogP) is 3.57. The molecule has 1 heterocycles. The third-order valence-electron chi connectivity index (χ3n) is 4.78. The maximum atomic E-state index is 12.5. The molecule has 33 heavy (non-hydrogen) atoms. The van der Waals surface area contributed by atoms with Crippen LogP contribution in [0.25, 0.3) is 5.69 Å². The number of esters is 1. The van der Waals surface area contributed by atoms with Crippen LogP contribution in [0.15, 0.2) is 65.5 Å². The predicted molar refractivity (Wildman–Crippen MR) is 124 cm³/mol. The number of carbonyl (C=O) groups is 3. The van der Waals surface area contributed by atoms with E-state index in [1.54, 1.807) is 52.0 Å². The monoisotopic (exact) mass is 447 g/mol. The number of aryl methyl sites for hydroxylation is 1. The molecule has 0 atom stereocenters. The summed E-state index contributed by atoms with van der Waals surface area (Å²) in [6.45, 7) is 6.55. The van der Waals surface area contributed by atoms with Crippen molar-refractivity contribution in [3.8, 4) is 5.69 Å². The second-order valence-electron chi connectivity index (χ2n) is 8.53. The smallest absolute Gasteiger partial charge is 0.363 e. The van der Waals surface area contributed by atoms with Crippen molar-refractivity contribution in [2.75, 3.05) is 11.9 Å². The summed E-state index contributed by atoms with van der Waals surface area (Å²) in [7, 11) is 0. The van der Waals surface area contributed by atoms with Crippen LogP contribution in [-0.2, 0) is 9.53 Å². The summed E-state index contributed by atoms with van der Waals surface area (Å²) in [5.74, 6) is -1.58. The van der Waals surface area contributed by atoms with Gasteiger partial charge in [0.05, 0.1) is 5.69 Å². The summed E-state index contributed by atoms with van der Waals surface area (Å²) >= 11 is 0. The molecule has 0 unspecified atom stereocenters. The number of anilines is 1. The van der Waals surface area contributed by atoms with Crippen molar-refractivity contribution < 1.29 is 19.1 Å².